The smallest absolute Gasteiger partial charge is 0.259 e. The third-order valence-corrected chi connectivity index (χ3v) is 7.18. The van der Waals surface area contributed by atoms with Crippen LogP contribution < -0.4 is 5.56 Å². The first-order valence-electron chi connectivity index (χ1n) is 8.00. The number of aromatic nitrogens is 4. The van der Waals surface area contributed by atoms with Crippen molar-refractivity contribution in [2.75, 3.05) is 0 Å². The maximum atomic E-state index is 12.3. The van der Waals surface area contributed by atoms with Crippen LogP contribution in [-0.2, 0) is 5.75 Å². The molecule has 26 heavy (non-hydrogen) atoms. The molecule has 0 saturated carbocycles. The van der Waals surface area contributed by atoms with Crippen LogP contribution >= 0.6 is 34.4 Å². The summed E-state index contributed by atoms with van der Waals surface area (Å²) in [7, 11) is 0. The van der Waals surface area contributed by atoms with E-state index in [-0.39, 0.29) is 10.8 Å². The molecule has 4 heterocycles. The Balaban J connectivity index is 1.50. The van der Waals surface area contributed by atoms with Crippen LogP contribution in [0.4, 0.5) is 0 Å². The quantitative estimate of drug-likeness (QED) is 0.519. The maximum absolute atomic E-state index is 12.3. The third-order valence-electron chi connectivity index (χ3n) is 4.08. The van der Waals surface area contributed by atoms with Crippen LogP contribution in [0, 0.1) is 13.8 Å². The molecule has 0 fully saturated rings. The fourth-order valence-electron chi connectivity index (χ4n) is 2.54. The Labute approximate surface area is 161 Å². The average molecular weight is 405 g/mol. The highest BCUT2D eigenvalue weighted by atomic mass is 32.2. The van der Waals surface area contributed by atoms with Crippen molar-refractivity contribution in [1.29, 1.82) is 0 Å². The van der Waals surface area contributed by atoms with E-state index in [2.05, 4.69) is 20.2 Å². The Morgan fingerprint density at radius 3 is 2.96 bits per heavy atom. The lowest BCUT2D eigenvalue weighted by Gasteiger charge is -2.06. The van der Waals surface area contributed by atoms with E-state index in [4.69, 9.17) is 4.42 Å². The molecule has 0 aliphatic heterocycles. The number of hydrogen-bond donors (Lipinski definition) is 1. The van der Waals surface area contributed by atoms with E-state index in [1.54, 1.807) is 34.4 Å². The molecule has 1 N–H and O–H groups in total. The number of fused-ring (bicyclic) bond motifs is 1. The largest absolute Gasteiger partial charge is 0.419 e. The normalized spacial score (nSPS) is 12.7. The van der Waals surface area contributed by atoms with Crippen molar-refractivity contribution >= 4 is 44.7 Å². The molecule has 134 valence electrons. The Morgan fingerprint density at radius 1 is 1.35 bits per heavy atom. The molecule has 6 nitrogen and oxygen atoms in total. The number of nitrogens with zero attached hydrogens (tertiary/aromatic N) is 3. The van der Waals surface area contributed by atoms with E-state index in [0.29, 0.717) is 28.7 Å². The van der Waals surface area contributed by atoms with Crippen LogP contribution in [0.5, 0.6) is 0 Å². The highest BCUT2D eigenvalue weighted by Crippen LogP contribution is 2.33. The zero-order valence-corrected chi connectivity index (χ0v) is 16.8. The van der Waals surface area contributed by atoms with Gasteiger partial charge in [0, 0.05) is 4.88 Å². The molecule has 0 aliphatic carbocycles. The van der Waals surface area contributed by atoms with E-state index >= 15 is 0 Å². The Morgan fingerprint density at radius 2 is 2.19 bits per heavy atom. The van der Waals surface area contributed by atoms with Crippen molar-refractivity contribution in [3.63, 3.8) is 0 Å². The summed E-state index contributed by atoms with van der Waals surface area (Å²) >= 11 is 4.73. The lowest BCUT2D eigenvalue weighted by atomic mass is 10.2. The Hall–Kier alpha value is -1.97. The maximum Gasteiger partial charge on any atom is 0.259 e. The molecule has 4 aromatic heterocycles. The molecule has 4 rings (SSSR count). The van der Waals surface area contributed by atoms with Crippen LogP contribution in [0.1, 0.15) is 34.3 Å². The van der Waals surface area contributed by atoms with Gasteiger partial charge in [-0.1, -0.05) is 6.07 Å². The van der Waals surface area contributed by atoms with Gasteiger partial charge in [-0.15, -0.1) is 44.6 Å². The second-order valence-electron chi connectivity index (χ2n) is 5.85. The number of thiophene rings is 2. The first kappa shape index (κ1) is 17.4. The number of aromatic amines is 1. The molecule has 0 saturated heterocycles. The molecular weight excluding hydrogens is 388 g/mol. The zero-order chi connectivity index (χ0) is 18.3. The number of thioether (sulfide) groups is 1. The predicted octanol–water partition coefficient (Wildman–Crippen LogP) is 4.71. The Kier molecular flexibility index (Phi) is 4.68. The van der Waals surface area contributed by atoms with Gasteiger partial charge in [0.2, 0.25) is 5.89 Å². The highest BCUT2D eigenvalue weighted by molar-refractivity contribution is 7.98. The van der Waals surface area contributed by atoms with Gasteiger partial charge in [0.15, 0.2) is 0 Å². The van der Waals surface area contributed by atoms with Crippen molar-refractivity contribution in [1.82, 2.24) is 20.2 Å². The topological polar surface area (TPSA) is 84.7 Å². The summed E-state index contributed by atoms with van der Waals surface area (Å²) < 4.78 is 5.77. The van der Waals surface area contributed by atoms with Gasteiger partial charge in [-0.05, 0) is 37.8 Å². The third kappa shape index (κ3) is 3.22. The fourth-order valence-corrected chi connectivity index (χ4v) is 5.02. The second-order valence-corrected chi connectivity index (χ2v) is 9.33. The fraction of sp³-hybridized carbons (Fsp3) is 0.294. The van der Waals surface area contributed by atoms with Gasteiger partial charge in [0.1, 0.15) is 10.7 Å². The number of aryl methyl sites for hydroxylation is 2. The monoisotopic (exact) mass is 404 g/mol. The highest BCUT2D eigenvalue weighted by Gasteiger charge is 2.17. The van der Waals surface area contributed by atoms with Gasteiger partial charge in [-0.25, -0.2) is 4.98 Å². The van der Waals surface area contributed by atoms with Crippen LogP contribution in [0.2, 0.25) is 0 Å². The van der Waals surface area contributed by atoms with Gasteiger partial charge in [0.25, 0.3) is 11.4 Å². The van der Waals surface area contributed by atoms with Crippen LogP contribution in [-0.4, -0.2) is 20.2 Å². The molecule has 1 atom stereocenters. The summed E-state index contributed by atoms with van der Waals surface area (Å²) in [5, 5.41) is 10.9. The van der Waals surface area contributed by atoms with E-state index in [9.17, 15) is 4.79 Å². The van der Waals surface area contributed by atoms with Crippen molar-refractivity contribution in [3.8, 4) is 10.8 Å². The average Bonchev–Trinajstić information content (AvgIpc) is 3.33. The lowest BCUT2D eigenvalue weighted by Crippen LogP contribution is -2.11. The van der Waals surface area contributed by atoms with Gasteiger partial charge >= 0.3 is 0 Å². The van der Waals surface area contributed by atoms with Gasteiger partial charge in [-0.2, -0.15) is 0 Å². The summed E-state index contributed by atoms with van der Waals surface area (Å²) in [6.07, 6.45) is 0. The molecule has 0 spiro atoms. The first-order chi connectivity index (χ1) is 12.5. The second kappa shape index (κ2) is 6.98. The minimum atomic E-state index is -0.0714. The summed E-state index contributed by atoms with van der Waals surface area (Å²) in [5.41, 5.74) is 0.941. The van der Waals surface area contributed by atoms with Crippen LogP contribution in [0.25, 0.3) is 21.0 Å². The zero-order valence-electron chi connectivity index (χ0n) is 14.4. The standard InChI is InChI=1S/C17H16N4O2S3/c1-8-9(2)26-17-13(8)14(22)18-12(19-17)7-25-10(3)15-20-21-16(23-15)11-5-4-6-24-11/h4-6,10H,7H2,1-3H3,(H,18,19,22)/t10-/m0/s1. The molecule has 0 unspecified atom stereocenters. The minimum Gasteiger partial charge on any atom is -0.419 e. The SMILES string of the molecule is Cc1sc2nc(CS[C@@H](C)c3nnc(-c4cccs4)o3)[nH]c(=O)c2c1C. The van der Waals surface area contributed by atoms with E-state index < -0.39 is 0 Å². The summed E-state index contributed by atoms with van der Waals surface area (Å²) in [4.78, 5) is 22.7. The molecule has 0 aromatic carbocycles. The Bertz CT molecular complexity index is 1110. The molecule has 4 aromatic rings. The van der Waals surface area contributed by atoms with Gasteiger partial charge in [0.05, 0.1) is 21.3 Å². The molecular formula is C17H16N4O2S3. The van der Waals surface area contributed by atoms with Crippen LogP contribution in [0.15, 0.2) is 26.7 Å². The van der Waals surface area contributed by atoms with Crippen molar-refractivity contribution < 1.29 is 4.42 Å². The number of nitrogens with one attached hydrogen (secondary N) is 1. The molecule has 0 radical (unpaired) electrons. The first-order valence-corrected chi connectivity index (χ1v) is 10.7. The molecule has 0 amide bonds. The lowest BCUT2D eigenvalue weighted by molar-refractivity contribution is 0.510. The minimum absolute atomic E-state index is 0.00372. The number of H-pyrrole nitrogens is 1. The van der Waals surface area contributed by atoms with Gasteiger partial charge < -0.3 is 9.40 Å². The summed E-state index contributed by atoms with van der Waals surface area (Å²) in [6, 6.07) is 3.91. The van der Waals surface area contributed by atoms with Crippen molar-refractivity contribution in [2.24, 2.45) is 0 Å². The van der Waals surface area contributed by atoms with E-state index in [1.165, 1.54) is 0 Å². The summed E-state index contributed by atoms with van der Waals surface area (Å²) in [6.45, 7) is 5.98. The van der Waals surface area contributed by atoms with E-state index in [1.807, 2.05) is 38.3 Å². The summed E-state index contributed by atoms with van der Waals surface area (Å²) in [5.74, 6) is 2.35. The molecule has 0 bridgehead atoms. The van der Waals surface area contributed by atoms with E-state index in [0.717, 1.165) is 20.1 Å². The van der Waals surface area contributed by atoms with Gasteiger partial charge in [-0.3, -0.25) is 4.79 Å². The van der Waals surface area contributed by atoms with Crippen molar-refractivity contribution in [3.05, 3.63) is 50.0 Å². The number of hydrogen-bond acceptors (Lipinski definition) is 8. The predicted molar refractivity (Wildman–Crippen MR) is 107 cm³/mol. The van der Waals surface area contributed by atoms with Crippen molar-refractivity contribution in [2.45, 2.75) is 31.8 Å². The number of rotatable bonds is 5. The molecule has 0 aliphatic rings. The van der Waals surface area contributed by atoms with Crippen LogP contribution in [0.3, 0.4) is 0 Å². The molecule has 9 heteroatoms.